The Kier molecular flexibility index (Phi) is 3.83. The SMILES string of the molecule is O=C(CSc1cccc[n+]1[O-])Nc1ccc2c(c1)OCO2. The zero-order valence-corrected chi connectivity index (χ0v) is 11.8. The van der Waals surface area contributed by atoms with E-state index in [2.05, 4.69) is 5.32 Å². The van der Waals surface area contributed by atoms with Crippen LogP contribution < -0.4 is 19.5 Å². The number of benzene rings is 1. The lowest BCUT2D eigenvalue weighted by molar-refractivity contribution is -0.645. The fourth-order valence-electron chi connectivity index (χ4n) is 1.84. The number of rotatable bonds is 4. The number of ether oxygens (including phenoxy) is 2. The lowest BCUT2D eigenvalue weighted by Gasteiger charge is -2.06. The van der Waals surface area contributed by atoms with E-state index in [0.717, 1.165) is 4.73 Å². The Morgan fingerprint density at radius 2 is 2.14 bits per heavy atom. The smallest absolute Gasteiger partial charge is 0.251 e. The number of nitrogens with zero attached hydrogens (tertiary/aromatic N) is 1. The van der Waals surface area contributed by atoms with Gasteiger partial charge in [-0.1, -0.05) is 0 Å². The van der Waals surface area contributed by atoms with Crippen LogP contribution in [0.1, 0.15) is 0 Å². The van der Waals surface area contributed by atoms with Crippen molar-refractivity contribution < 1.29 is 19.0 Å². The van der Waals surface area contributed by atoms with Crippen LogP contribution in [0, 0.1) is 5.21 Å². The molecule has 7 heteroatoms. The highest BCUT2D eigenvalue weighted by Crippen LogP contribution is 2.34. The second kappa shape index (κ2) is 5.92. The van der Waals surface area contributed by atoms with Gasteiger partial charge in [-0.25, -0.2) is 0 Å². The van der Waals surface area contributed by atoms with Gasteiger partial charge in [0.1, 0.15) is 0 Å². The van der Waals surface area contributed by atoms with Crippen LogP contribution in [-0.4, -0.2) is 18.5 Å². The number of carbonyl (C=O) groups excluding carboxylic acids is 1. The van der Waals surface area contributed by atoms with E-state index < -0.39 is 0 Å². The summed E-state index contributed by atoms with van der Waals surface area (Å²) in [5.41, 5.74) is 0.632. The summed E-state index contributed by atoms with van der Waals surface area (Å²) in [6, 6.07) is 10.3. The maximum Gasteiger partial charge on any atom is 0.251 e. The van der Waals surface area contributed by atoms with Crippen LogP contribution in [0.3, 0.4) is 0 Å². The predicted molar refractivity (Wildman–Crippen MR) is 77.3 cm³/mol. The Balaban J connectivity index is 1.58. The predicted octanol–water partition coefficient (Wildman–Crippen LogP) is 1.78. The van der Waals surface area contributed by atoms with Gasteiger partial charge in [0.25, 0.3) is 5.03 Å². The Morgan fingerprint density at radius 1 is 1.29 bits per heavy atom. The van der Waals surface area contributed by atoms with Crippen molar-refractivity contribution in [2.45, 2.75) is 5.03 Å². The minimum Gasteiger partial charge on any atom is -0.618 e. The molecule has 1 aliphatic heterocycles. The summed E-state index contributed by atoms with van der Waals surface area (Å²) in [4.78, 5) is 11.9. The molecule has 1 N–H and O–H groups in total. The Bertz CT molecular complexity index is 678. The lowest BCUT2D eigenvalue weighted by atomic mass is 10.3. The molecule has 6 nitrogen and oxygen atoms in total. The third-order valence-corrected chi connectivity index (χ3v) is 3.81. The number of amides is 1. The summed E-state index contributed by atoms with van der Waals surface area (Å²) < 4.78 is 11.2. The van der Waals surface area contributed by atoms with Crippen molar-refractivity contribution in [2.24, 2.45) is 0 Å². The molecule has 0 aliphatic carbocycles. The van der Waals surface area contributed by atoms with E-state index in [1.807, 2.05) is 0 Å². The van der Waals surface area contributed by atoms with Gasteiger partial charge in [-0.15, -0.1) is 0 Å². The number of hydrogen-bond acceptors (Lipinski definition) is 5. The molecule has 0 radical (unpaired) electrons. The van der Waals surface area contributed by atoms with Crippen molar-refractivity contribution in [1.29, 1.82) is 0 Å². The average Bonchev–Trinajstić information content (AvgIpc) is 2.94. The minimum atomic E-state index is -0.192. The molecule has 1 aliphatic rings. The maximum absolute atomic E-state index is 11.9. The Morgan fingerprint density at radius 3 is 3.00 bits per heavy atom. The average molecular weight is 304 g/mol. The van der Waals surface area contributed by atoms with Crippen LogP contribution in [0.25, 0.3) is 0 Å². The van der Waals surface area contributed by atoms with Crippen molar-refractivity contribution in [2.75, 3.05) is 17.9 Å². The van der Waals surface area contributed by atoms with Gasteiger partial charge in [-0.3, -0.25) is 4.79 Å². The van der Waals surface area contributed by atoms with Crippen molar-refractivity contribution in [3.63, 3.8) is 0 Å². The molecule has 0 fully saturated rings. The van der Waals surface area contributed by atoms with E-state index >= 15 is 0 Å². The molecule has 0 atom stereocenters. The number of carbonyl (C=O) groups is 1. The zero-order valence-electron chi connectivity index (χ0n) is 10.9. The highest BCUT2D eigenvalue weighted by atomic mass is 32.2. The minimum absolute atomic E-state index is 0.153. The summed E-state index contributed by atoms with van der Waals surface area (Å²) in [5.74, 6) is 1.24. The fraction of sp³-hybridized carbons (Fsp3) is 0.143. The fourth-order valence-corrected chi connectivity index (χ4v) is 2.55. The molecule has 1 aromatic carbocycles. The van der Waals surface area contributed by atoms with Gasteiger partial charge in [0.15, 0.2) is 17.7 Å². The van der Waals surface area contributed by atoms with Crippen molar-refractivity contribution >= 4 is 23.4 Å². The third kappa shape index (κ3) is 3.19. The lowest BCUT2D eigenvalue weighted by Crippen LogP contribution is -2.28. The highest BCUT2D eigenvalue weighted by molar-refractivity contribution is 7.99. The molecule has 108 valence electrons. The first-order valence-electron chi connectivity index (χ1n) is 6.23. The van der Waals surface area contributed by atoms with E-state index in [-0.39, 0.29) is 18.5 Å². The van der Waals surface area contributed by atoms with Crippen molar-refractivity contribution in [1.82, 2.24) is 0 Å². The van der Waals surface area contributed by atoms with Crippen LogP contribution in [0.15, 0.2) is 47.6 Å². The van der Waals surface area contributed by atoms with Gasteiger partial charge < -0.3 is 20.0 Å². The van der Waals surface area contributed by atoms with E-state index in [4.69, 9.17) is 9.47 Å². The van der Waals surface area contributed by atoms with Gasteiger partial charge in [0, 0.05) is 23.9 Å². The highest BCUT2D eigenvalue weighted by Gasteiger charge is 2.14. The molecule has 0 saturated heterocycles. The van der Waals surface area contributed by atoms with E-state index in [9.17, 15) is 10.0 Å². The molecule has 1 amide bonds. The molecule has 0 unspecified atom stereocenters. The Labute approximate surface area is 125 Å². The van der Waals surface area contributed by atoms with Gasteiger partial charge in [-0.05, 0) is 30.0 Å². The van der Waals surface area contributed by atoms with Crippen LogP contribution in [0.4, 0.5) is 5.69 Å². The molecule has 21 heavy (non-hydrogen) atoms. The summed E-state index contributed by atoms with van der Waals surface area (Å²) in [5, 5.41) is 14.7. The summed E-state index contributed by atoms with van der Waals surface area (Å²) in [7, 11) is 0. The molecule has 0 bridgehead atoms. The molecule has 2 aromatic rings. The quantitative estimate of drug-likeness (QED) is 0.529. The third-order valence-electron chi connectivity index (χ3n) is 2.80. The summed E-state index contributed by atoms with van der Waals surface area (Å²) >= 11 is 1.18. The molecule has 3 rings (SSSR count). The Hall–Kier alpha value is -2.41. The monoisotopic (exact) mass is 304 g/mol. The topological polar surface area (TPSA) is 74.5 Å². The van der Waals surface area contributed by atoms with E-state index in [0.29, 0.717) is 22.2 Å². The van der Waals surface area contributed by atoms with Crippen molar-refractivity contribution in [3.8, 4) is 11.5 Å². The number of fused-ring (bicyclic) bond motifs is 1. The standard InChI is InChI=1S/C14H12N2O4S/c17-13(8-21-14-3-1-2-6-16(14)18)15-10-4-5-11-12(7-10)20-9-19-11/h1-7H,8-9H2,(H,15,17). The number of nitrogens with one attached hydrogen (secondary N) is 1. The number of thioether (sulfide) groups is 1. The van der Waals surface area contributed by atoms with Crippen LogP contribution in [0.5, 0.6) is 11.5 Å². The molecule has 1 aromatic heterocycles. The second-order valence-electron chi connectivity index (χ2n) is 4.27. The van der Waals surface area contributed by atoms with Gasteiger partial charge in [0.05, 0.1) is 5.75 Å². The number of aromatic nitrogens is 1. The molecular weight excluding hydrogens is 292 g/mol. The zero-order chi connectivity index (χ0) is 14.7. The number of hydrogen-bond donors (Lipinski definition) is 1. The molecular formula is C14H12N2O4S. The van der Waals surface area contributed by atoms with Gasteiger partial charge >= 0.3 is 0 Å². The summed E-state index contributed by atoms with van der Waals surface area (Å²) in [6.45, 7) is 0.195. The summed E-state index contributed by atoms with van der Waals surface area (Å²) in [6.07, 6.45) is 1.40. The number of anilines is 1. The van der Waals surface area contributed by atoms with Crippen molar-refractivity contribution in [3.05, 3.63) is 47.8 Å². The maximum atomic E-state index is 11.9. The first-order chi connectivity index (χ1) is 10.2. The largest absolute Gasteiger partial charge is 0.618 e. The van der Waals surface area contributed by atoms with Crippen LogP contribution in [-0.2, 0) is 4.79 Å². The van der Waals surface area contributed by atoms with E-state index in [1.54, 1.807) is 36.4 Å². The molecule has 0 saturated carbocycles. The number of pyridine rings is 1. The van der Waals surface area contributed by atoms with Crippen LogP contribution >= 0.6 is 11.8 Å². The first kappa shape index (κ1) is 13.6. The van der Waals surface area contributed by atoms with E-state index in [1.165, 1.54) is 18.0 Å². The second-order valence-corrected chi connectivity index (χ2v) is 5.27. The van der Waals surface area contributed by atoms with Gasteiger partial charge in [-0.2, -0.15) is 4.73 Å². The molecule has 0 spiro atoms. The normalized spacial score (nSPS) is 12.2. The van der Waals surface area contributed by atoms with Gasteiger partial charge in [0.2, 0.25) is 12.7 Å². The first-order valence-corrected chi connectivity index (χ1v) is 7.21. The van der Waals surface area contributed by atoms with Crippen LogP contribution in [0.2, 0.25) is 0 Å². The molecule has 2 heterocycles.